The second kappa shape index (κ2) is 11.9. The summed E-state index contributed by atoms with van der Waals surface area (Å²) in [6.07, 6.45) is 3.46. The van der Waals surface area contributed by atoms with Crippen molar-refractivity contribution in [3.63, 3.8) is 0 Å². The zero-order valence-electron chi connectivity index (χ0n) is 18.8. The number of amides is 2. The van der Waals surface area contributed by atoms with Crippen LogP contribution in [0.5, 0.6) is 0 Å². The molecule has 11 heteroatoms. The number of nitrogens with zero attached hydrogens (tertiary/aromatic N) is 3. The van der Waals surface area contributed by atoms with Crippen molar-refractivity contribution in [3.05, 3.63) is 74.1 Å². The van der Waals surface area contributed by atoms with Gasteiger partial charge in [-0.1, -0.05) is 59.4 Å². The van der Waals surface area contributed by atoms with Crippen LogP contribution in [0.15, 0.2) is 47.6 Å². The van der Waals surface area contributed by atoms with Gasteiger partial charge in [0.05, 0.1) is 15.6 Å². The molecule has 1 atom stereocenters. The third kappa shape index (κ3) is 6.66. The zero-order valence-corrected chi connectivity index (χ0v) is 20.3. The van der Waals surface area contributed by atoms with Gasteiger partial charge in [0, 0.05) is 29.0 Å². The number of hydrogen-bond acceptors (Lipinski definition) is 4. The number of carboxylic acids is 1. The second-order valence-corrected chi connectivity index (χ2v) is 9.32. The van der Waals surface area contributed by atoms with Gasteiger partial charge in [0.1, 0.15) is 6.04 Å². The number of aliphatic carboxylic acids is 1. The maximum absolute atomic E-state index is 13.1. The van der Waals surface area contributed by atoms with Crippen LogP contribution in [0.1, 0.15) is 48.0 Å². The summed E-state index contributed by atoms with van der Waals surface area (Å²) in [6, 6.07) is 10.3. The molecule has 35 heavy (non-hydrogen) atoms. The van der Waals surface area contributed by atoms with Crippen molar-refractivity contribution in [1.29, 1.82) is 0 Å². The van der Waals surface area contributed by atoms with E-state index in [2.05, 4.69) is 20.7 Å². The van der Waals surface area contributed by atoms with Crippen LogP contribution in [-0.4, -0.2) is 35.5 Å². The van der Waals surface area contributed by atoms with Gasteiger partial charge in [0.15, 0.2) is 0 Å². The summed E-state index contributed by atoms with van der Waals surface area (Å²) in [6.45, 7) is 0.189. The van der Waals surface area contributed by atoms with E-state index in [0.717, 1.165) is 12.8 Å². The maximum atomic E-state index is 13.1. The first kappa shape index (κ1) is 26.3. The third-order valence-corrected chi connectivity index (χ3v) is 6.87. The number of rotatable bonds is 10. The Bertz CT molecular complexity index is 1120. The molecule has 0 radical (unpaired) electrons. The van der Waals surface area contributed by atoms with Gasteiger partial charge in [-0.05, 0) is 54.6 Å². The lowest BCUT2D eigenvalue weighted by Gasteiger charge is -2.29. The molecule has 184 valence electrons. The fourth-order valence-corrected chi connectivity index (χ4v) is 4.90. The predicted molar refractivity (Wildman–Crippen MR) is 134 cm³/mol. The molecular weight excluding hydrogens is 493 g/mol. The number of anilines is 1. The van der Waals surface area contributed by atoms with Crippen LogP contribution in [-0.2, 0) is 16.0 Å². The minimum atomic E-state index is -1.15. The topological polar surface area (TPSA) is 144 Å². The highest BCUT2D eigenvalue weighted by Gasteiger charge is 2.41. The Labute approximate surface area is 212 Å². The van der Waals surface area contributed by atoms with Gasteiger partial charge in [-0.2, -0.15) is 0 Å². The molecule has 3 N–H and O–H groups in total. The molecule has 3 rings (SSSR count). The fraction of sp³-hybridized carbons (Fsp3) is 0.375. The van der Waals surface area contributed by atoms with E-state index >= 15 is 0 Å². The normalized spacial score (nSPS) is 15.0. The average molecular weight is 518 g/mol. The van der Waals surface area contributed by atoms with Crippen LogP contribution in [0.3, 0.4) is 0 Å². The van der Waals surface area contributed by atoms with Crippen LogP contribution < -0.4 is 10.6 Å². The number of benzene rings is 2. The van der Waals surface area contributed by atoms with E-state index in [-0.39, 0.29) is 34.5 Å². The molecule has 1 aliphatic rings. The molecule has 0 heterocycles. The molecule has 9 nitrogen and oxygen atoms in total. The lowest BCUT2D eigenvalue weighted by molar-refractivity contribution is -0.144. The predicted octanol–water partition coefficient (Wildman–Crippen LogP) is 5.62. The van der Waals surface area contributed by atoms with Gasteiger partial charge in [0.2, 0.25) is 5.91 Å². The zero-order chi connectivity index (χ0) is 25.4. The summed E-state index contributed by atoms with van der Waals surface area (Å²) in [5.74, 6) is -1.94. The summed E-state index contributed by atoms with van der Waals surface area (Å²) in [7, 11) is 0. The molecule has 0 unspecified atom stereocenters. The van der Waals surface area contributed by atoms with Crippen molar-refractivity contribution in [2.45, 2.75) is 44.6 Å². The molecule has 0 aromatic heterocycles. The summed E-state index contributed by atoms with van der Waals surface area (Å²) in [5, 5.41) is 19.1. The Morgan fingerprint density at radius 3 is 2.29 bits per heavy atom. The van der Waals surface area contributed by atoms with E-state index in [1.54, 1.807) is 42.5 Å². The first-order valence-corrected chi connectivity index (χ1v) is 11.9. The maximum Gasteiger partial charge on any atom is 0.326 e. The Hall–Kier alpha value is -3.26. The fourth-order valence-electron chi connectivity index (χ4n) is 4.33. The van der Waals surface area contributed by atoms with Gasteiger partial charge < -0.3 is 15.7 Å². The Morgan fingerprint density at radius 1 is 1.09 bits per heavy atom. The number of azide groups is 1. The van der Waals surface area contributed by atoms with Crippen molar-refractivity contribution < 1.29 is 19.5 Å². The number of nitrogens with one attached hydrogen (secondary N) is 2. The number of halogens is 2. The molecule has 1 aliphatic carbocycles. The van der Waals surface area contributed by atoms with Crippen LogP contribution >= 0.6 is 23.2 Å². The van der Waals surface area contributed by atoms with Crippen LogP contribution in [0, 0.1) is 5.41 Å². The SMILES string of the molecule is [N-]=[N+]=NCCC1(C(=O)N[C@@H](Cc2ccc(NC(=O)c3c(Cl)cccc3Cl)cc2)C(=O)O)CCCC1. The quantitative estimate of drug-likeness (QED) is 0.213. The van der Waals surface area contributed by atoms with E-state index in [1.807, 2.05) is 0 Å². The third-order valence-electron chi connectivity index (χ3n) is 6.24. The smallest absolute Gasteiger partial charge is 0.326 e. The lowest BCUT2D eigenvalue weighted by Crippen LogP contribution is -2.49. The van der Waals surface area contributed by atoms with Crippen molar-refractivity contribution in [2.75, 3.05) is 11.9 Å². The molecule has 0 aliphatic heterocycles. The first-order chi connectivity index (χ1) is 16.8. The molecule has 0 bridgehead atoms. The van der Waals surface area contributed by atoms with Crippen LogP contribution in [0.25, 0.3) is 10.4 Å². The summed E-state index contributed by atoms with van der Waals surface area (Å²) < 4.78 is 0. The minimum Gasteiger partial charge on any atom is -0.480 e. The molecular formula is C24H25Cl2N5O4. The largest absolute Gasteiger partial charge is 0.480 e. The van der Waals surface area contributed by atoms with Gasteiger partial charge >= 0.3 is 5.97 Å². The summed E-state index contributed by atoms with van der Waals surface area (Å²) in [4.78, 5) is 40.2. The molecule has 2 aromatic rings. The van der Waals surface area contributed by atoms with Crippen molar-refractivity contribution in [1.82, 2.24) is 5.32 Å². The van der Waals surface area contributed by atoms with E-state index in [9.17, 15) is 19.5 Å². The second-order valence-electron chi connectivity index (χ2n) is 8.51. The highest BCUT2D eigenvalue weighted by atomic mass is 35.5. The van der Waals surface area contributed by atoms with E-state index in [0.29, 0.717) is 30.5 Å². The minimum absolute atomic E-state index is 0.0675. The van der Waals surface area contributed by atoms with Crippen LogP contribution in [0.4, 0.5) is 5.69 Å². The number of carbonyl (C=O) groups excluding carboxylic acids is 2. The van der Waals surface area contributed by atoms with Crippen molar-refractivity contribution in [3.8, 4) is 0 Å². The summed E-state index contributed by atoms with van der Waals surface area (Å²) in [5.41, 5.74) is 9.14. The Morgan fingerprint density at radius 2 is 1.71 bits per heavy atom. The van der Waals surface area contributed by atoms with Gasteiger partial charge in [-0.15, -0.1) is 0 Å². The molecule has 0 spiro atoms. The monoisotopic (exact) mass is 517 g/mol. The van der Waals surface area contributed by atoms with E-state index in [1.165, 1.54) is 0 Å². The van der Waals surface area contributed by atoms with E-state index < -0.39 is 23.3 Å². The van der Waals surface area contributed by atoms with Gasteiger partial charge in [-0.3, -0.25) is 9.59 Å². The number of hydrogen-bond donors (Lipinski definition) is 3. The van der Waals surface area contributed by atoms with E-state index in [4.69, 9.17) is 28.7 Å². The molecule has 2 aromatic carbocycles. The van der Waals surface area contributed by atoms with Crippen LogP contribution in [0.2, 0.25) is 10.0 Å². The standard InChI is InChI=1S/C24H25Cl2N5O4/c25-17-4-3-5-18(26)20(17)21(32)29-16-8-6-15(7-9-16)14-19(22(33)34)30-23(35)24(10-1-2-11-24)12-13-28-31-27/h3-9,19H,1-2,10-14H2,(H,29,32)(H,30,35)(H,33,34)/t19-/m0/s1. The highest BCUT2D eigenvalue weighted by molar-refractivity contribution is 6.40. The summed E-state index contributed by atoms with van der Waals surface area (Å²) >= 11 is 12.2. The molecule has 0 saturated heterocycles. The Kier molecular flexibility index (Phi) is 8.98. The first-order valence-electron chi connectivity index (χ1n) is 11.1. The number of carboxylic acid groups (broad SMARTS) is 1. The Balaban J connectivity index is 1.66. The molecule has 2 amide bonds. The number of carbonyl (C=O) groups is 3. The average Bonchev–Trinajstić information content (AvgIpc) is 3.30. The molecule has 1 fully saturated rings. The van der Waals surface area contributed by atoms with Gasteiger partial charge in [-0.25, -0.2) is 4.79 Å². The van der Waals surface area contributed by atoms with Crippen molar-refractivity contribution >= 4 is 46.7 Å². The lowest BCUT2D eigenvalue weighted by atomic mass is 9.81. The highest BCUT2D eigenvalue weighted by Crippen LogP contribution is 2.41. The van der Waals surface area contributed by atoms with Gasteiger partial charge in [0.25, 0.3) is 5.91 Å². The van der Waals surface area contributed by atoms with Crippen molar-refractivity contribution in [2.24, 2.45) is 10.5 Å². The molecule has 1 saturated carbocycles.